The van der Waals surface area contributed by atoms with Crippen LogP contribution in [0.5, 0.6) is 11.8 Å². The van der Waals surface area contributed by atoms with Gasteiger partial charge in [0.2, 0.25) is 17.7 Å². The zero-order chi connectivity index (χ0) is 12.0. The van der Waals surface area contributed by atoms with Crippen LogP contribution in [0.25, 0.3) is 0 Å². The van der Waals surface area contributed by atoms with Gasteiger partial charge < -0.3 is 20.5 Å². The molecule has 0 saturated carbocycles. The van der Waals surface area contributed by atoms with Crippen molar-refractivity contribution in [3.8, 4) is 11.8 Å². The van der Waals surface area contributed by atoms with Gasteiger partial charge in [-0.05, 0) is 12.5 Å². The first-order valence-corrected chi connectivity index (χ1v) is 5.10. The first kappa shape index (κ1) is 12.5. The molecule has 6 heteroatoms. The Balaban J connectivity index is 2.71. The highest BCUT2D eigenvalue weighted by Gasteiger charge is 2.06. The molecular formula is C10H18N4O2. The minimum atomic E-state index is 0.362. The molecule has 0 aliphatic rings. The number of nitrogens with one attached hydrogen (secondary N) is 1. The van der Waals surface area contributed by atoms with E-state index in [1.54, 1.807) is 20.3 Å². The standard InChI is InChI=1S/C10H18N4O2/c1-7(5-11)6-12-10-13-8(15-2)4-9(14-10)16-3/h4,7H,5-6,11H2,1-3H3,(H,12,13,14). The van der Waals surface area contributed by atoms with Crippen molar-refractivity contribution < 1.29 is 9.47 Å². The highest BCUT2D eigenvalue weighted by Crippen LogP contribution is 2.17. The number of nitrogens with zero attached hydrogens (tertiary/aromatic N) is 2. The molecule has 0 aromatic carbocycles. The van der Waals surface area contributed by atoms with Crippen LogP contribution in [0.1, 0.15) is 6.92 Å². The molecule has 0 aliphatic heterocycles. The predicted molar refractivity (Wildman–Crippen MR) is 61.8 cm³/mol. The fourth-order valence-corrected chi connectivity index (χ4v) is 1.04. The van der Waals surface area contributed by atoms with Crippen LogP contribution in [0, 0.1) is 5.92 Å². The molecule has 0 aliphatic carbocycles. The molecular weight excluding hydrogens is 208 g/mol. The summed E-state index contributed by atoms with van der Waals surface area (Å²) < 4.78 is 10.1. The predicted octanol–water partition coefficient (Wildman–Crippen LogP) is 0.500. The van der Waals surface area contributed by atoms with Crippen molar-refractivity contribution in [2.75, 3.05) is 32.6 Å². The van der Waals surface area contributed by atoms with E-state index in [0.717, 1.165) is 0 Å². The third-order valence-corrected chi connectivity index (χ3v) is 2.11. The Kier molecular flexibility index (Phi) is 4.78. The number of rotatable bonds is 6. The Labute approximate surface area is 95.2 Å². The molecule has 0 bridgehead atoms. The summed E-state index contributed by atoms with van der Waals surface area (Å²) in [5.74, 6) is 1.78. The second-order valence-electron chi connectivity index (χ2n) is 3.50. The van der Waals surface area contributed by atoms with Crippen LogP contribution in [0.2, 0.25) is 0 Å². The molecule has 1 heterocycles. The lowest BCUT2D eigenvalue weighted by atomic mass is 10.2. The van der Waals surface area contributed by atoms with E-state index in [2.05, 4.69) is 15.3 Å². The number of methoxy groups -OCH3 is 2. The topological polar surface area (TPSA) is 82.3 Å². The van der Waals surface area contributed by atoms with Crippen molar-refractivity contribution in [3.05, 3.63) is 6.07 Å². The summed E-state index contributed by atoms with van der Waals surface area (Å²) in [5, 5.41) is 3.08. The van der Waals surface area contributed by atoms with Crippen molar-refractivity contribution in [1.82, 2.24) is 9.97 Å². The van der Waals surface area contributed by atoms with Crippen LogP contribution in [0.4, 0.5) is 5.95 Å². The number of hydrogen-bond acceptors (Lipinski definition) is 6. The minimum absolute atomic E-state index is 0.362. The average molecular weight is 226 g/mol. The maximum atomic E-state index is 5.52. The molecule has 16 heavy (non-hydrogen) atoms. The van der Waals surface area contributed by atoms with E-state index in [1.165, 1.54) is 0 Å². The van der Waals surface area contributed by atoms with Gasteiger partial charge in [-0.25, -0.2) is 0 Å². The second kappa shape index (κ2) is 6.12. The molecule has 90 valence electrons. The average Bonchev–Trinajstić information content (AvgIpc) is 2.35. The lowest BCUT2D eigenvalue weighted by Crippen LogP contribution is -2.20. The van der Waals surface area contributed by atoms with Gasteiger partial charge in [0.25, 0.3) is 0 Å². The normalized spacial score (nSPS) is 12.0. The van der Waals surface area contributed by atoms with E-state index in [9.17, 15) is 0 Å². The highest BCUT2D eigenvalue weighted by atomic mass is 16.5. The van der Waals surface area contributed by atoms with Crippen LogP contribution in [0.3, 0.4) is 0 Å². The van der Waals surface area contributed by atoms with Crippen molar-refractivity contribution in [3.63, 3.8) is 0 Å². The maximum absolute atomic E-state index is 5.52. The van der Waals surface area contributed by atoms with Gasteiger partial charge in [0.15, 0.2) is 0 Å². The van der Waals surface area contributed by atoms with Gasteiger partial charge in [-0.2, -0.15) is 9.97 Å². The quantitative estimate of drug-likeness (QED) is 0.735. The number of hydrogen-bond donors (Lipinski definition) is 2. The Morgan fingerprint density at radius 1 is 1.31 bits per heavy atom. The first-order valence-electron chi connectivity index (χ1n) is 5.10. The fourth-order valence-electron chi connectivity index (χ4n) is 1.04. The van der Waals surface area contributed by atoms with Gasteiger partial charge >= 0.3 is 0 Å². The molecule has 1 unspecified atom stereocenters. The molecule has 0 fully saturated rings. The smallest absolute Gasteiger partial charge is 0.229 e. The summed E-state index contributed by atoms with van der Waals surface area (Å²) >= 11 is 0. The summed E-state index contributed by atoms with van der Waals surface area (Å²) in [6, 6.07) is 1.62. The Hall–Kier alpha value is -1.56. The van der Waals surface area contributed by atoms with E-state index in [0.29, 0.717) is 36.7 Å². The van der Waals surface area contributed by atoms with Gasteiger partial charge in [-0.1, -0.05) is 6.92 Å². The maximum Gasteiger partial charge on any atom is 0.229 e. The fraction of sp³-hybridized carbons (Fsp3) is 0.600. The van der Waals surface area contributed by atoms with E-state index in [-0.39, 0.29) is 0 Å². The molecule has 6 nitrogen and oxygen atoms in total. The summed E-state index contributed by atoms with van der Waals surface area (Å²) in [6.45, 7) is 3.38. The third kappa shape index (κ3) is 3.54. The largest absolute Gasteiger partial charge is 0.481 e. The zero-order valence-electron chi connectivity index (χ0n) is 9.86. The molecule has 0 amide bonds. The van der Waals surface area contributed by atoms with Crippen molar-refractivity contribution in [1.29, 1.82) is 0 Å². The van der Waals surface area contributed by atoms with Crippen LogP contribution in [-0.4, -0.2) is 37.3 Å². The Morgan fingerprint density at radius 2 is 1.88 bits per heavy atom. The zero-order valence-corrected chi connectivity index (χ0v) is 9.86. The summed E-state index contributed by atoms with van der Waals surface area (Å²) in [5.41, 5.74) is 5.52. The van der Waals surface area contributed by atoms with Gasteiger partial charge in [0.1, 0.15) is 0 Å². The summed E-state index contributed by atoms with van der Waals surface area (Å²) in [4.78, 5) is 8.28. The van der Waals surface area contributed by atoms with Crippen molar-refractivity contribution >= 4 is 5.95 Å². The van der Waals surface area contributed by atoms with E-state index in [4.69, 9.17) is 15.2 Å². The lowest BCUT2D eigenvalue weighted by molar-refractivity contribution is 0.372. The van der Waals surface area contributed by atoms with E-state index < -0.39 is 0 Å². The molecule has 0 radical (unpaired) electrons. The van der Waals surface area contributed by atoms with Crippen LogP contribution in [-0.2, 0) is 0 Å². The van der Waals surface area contributed by atoms with Gasteiger partial charge in [0.05, 0.1) is 20.3 Å². The van der Waals surface area contributed by atoms with Crippen LogP contribution >= 0.6 is 0 Å². The highest BCUT2D eigenvalue weighted by molar-refractivity contribution is 5.33. The Bertz CT molecular complexity index is 310. The van der Waals surface area contributed by atoms with Crippen molar-refractivity contribution in [2.24, 2.45) is 11.7 Å². The van der Waals surface area contributed by atoms with Crippen LogP contribution in [0.15, 0.2) is 6.07 Å². The SMILES string of the molecule is COc1cc(OC)nc(NCC(C)CN)n1. The summed E-state index contributed by atoms with van der Waals surface area (Å²) in [6.07, 6.45) is 0. The summed E-state index contributed by atoms with van der Waals surface area (Å²) in [7, 11) is 3.10. The first-order chi connectivity index (χ1) is 7.69. The molecule has 1 atom stereocenters. The van der Waals surface area contributed by atoms with E-state index in [1.807, 2.05) is 6.92 Å². The number of anilines is 1. The molecule has 1 aromatic heterocycles. The molecule has 1 rings (SSSR count). The lowest BCUT2D eigenvalue weighted by Gasteiger charge is -2.11. The van der Waals surface area contributed by atoms with Gasteiger partial charge in [0, 0.05) is 6.54 Å². The van der Waals surface area contributed by atoms with Gasteiger partial charge in [-0.15, -0.1) is 0 Å². The minimum Gasteiger partial charge on any atom is -0.481 e. The number of aromatic nitrogens is 2. The molecule has 3 N–H and O–H groups in total. The third-order valence-electron chi connectivity index (χ3n) is 2.11. The Morgan fingerprint density at radius 3 is 2.31 bits per heavy atom. The van der Waals surface area contributed by atoms with Crippen molar-refractivity contribution in [2.45, 2.75) is 6.92 Å². The molecule has 1 aromatic rings. The number of ether oxygens (including phenoxy) is 2. The van der Waals surface area contributed by atoms with E-state index >= 15 is 0 Å². The molecule has 0 saturated heterocycles. The molecule has 0 spiro atoms. The van der Waals surface area contributed by atoms with Gasteiger partial charge in [-0.3, -0.25) is 0 Å². The second-order valence-corrected chi connectivity index (χ2v) is 3.50. The number of nitrogens with two attached hydrogens (primary N) is 1. The monoisotopic (exact) mass is 226 g/mol. The van der Waals surface area contributed by atoms with Crippen LogP contribution < -0.4 is 20.5 Å².